The van der Waals surface area contributed by atoms with E-state index in [4.69, 9.17) is 15.3 Å². The predicted molar refractivity (Wildman–Crippen MR) is 34.6 cm³/mol. The lowest BCUT2D eigenvalue weighted by molar-refractivity contribution is -0.117. The van der Waals surface area contributed by atoms with Crippen molar-refractivity contribution in [2.24, 2.45) is 5.73 Å². The molecule has 0 aromatic heterocycles. The Morgan fingerprint density at radius 2 is 1.78 bits per heavy atom. The first-order valence-corrected chi connectivity index (χ1v) is 2.66. The molecule has 4 heteroatoms. The highest BCUT2D eigenvalue weighted by Gasteiger charge is 1.56. The van der Waals surface area contributed by atoms with Gasteiger partial charge in [0, 0.05) is 0 Å². The Labute approximate surface area is 54.4 Å². The Kier molecular flexibility index (Phi) is 19.2. The van der Waals surface area contributed by atoms with Crippen LogP contribution in [0.3, 0.4) is 0 Å². The molecule has 0 radical (unpaired) electrons. The molecule has 0 rings (SSSR count). The second-order valence-electron chi connectivity index (χ2n) is 1.19. The van der Waals surface area contributed by atoms with Crippen LogP contribution < -0.4 is 11.1 Å². The van der Waals surface area contributed by atoms with E-state index in [0.29, 0.717) is 12.8 Å². The molecule has 0 spiro atoms. The number of rotatable bonds is 3. The molecule has 0 aliphatic rings. The van der Waals surface area contributed by atoms with Crippen molar-refractivity contribution in [3.05, 3.63) is 0 Å². The maximum Gasteiger partial charge on any atom is 0.213 e. The predicted octanol–water partition coefficient (Wildman–Crippen LogP) is -0.756. The molecule has 0 aromatic carbocycles. The lowest BCUT2D eigenvalue weighted by atomic mass is 10.5. The van der Waals surface area contributed by atoms with Crippen molar-refractivity contribution in [1.82, 2.24) is 5.32 Å². The van der Waals surface area contributed by atoms with Gasteiger partial charge in [-0.1, -0.05) is 6.92 Å². The van der Waals surface area contributed by atoms with E-state index in [1.807, 2.05) is 0 Å². The van der Waals surface area contributed by atoms with E-state index in [0.717, 1.165) is 13.0 Å². The number of nitrogens with one attached hydrogen (secondary N) is 1. The van der Waals surface area contributed by atoms with E-state index in [1.54, 1.807) is 5.32 Å². The number of carbonyl (C=O) groups is 2. The van der Waals surface area contributed by atoms with Gasteiger partial charge in [0.2, 0.25) is 12.8 Å². The molecule has 54 valence electrons. The summed E-state index contributed by atoms with van der Waals surface area (Å²) in [7, 11) is 0. The summed E-state index contributed by atoms with van der Waals surface area (Å²) < 4.78 is 0. The fourth-order valence-corrected chi connectivity index (χ4v) is 0.0278. The van der Waals surface area contributed by atoms with Gasteiger partial charge in [-0.05, 0) is 13.0 Å². The average molecular weight is 132 g/mol. The minimum atomic E-state index is 0.312. The Morgan fingerprint density at radius 1 is 1.44 bits per heavy atom. The summed E-state index contributed by atoms with van der Waals surface area (Å²) in [5, 5.41) is 1.75. The summed E-state index contributed by atoms with van der Waals surface area (Å²) in [5.41, 5.74) is 5.03. The van der Waals surface area contributed by atoms with E-state index >= 15 is 0 Å². The summed E-state index contributed by atoms with van der Waals surface area (Å²) in [5.74, 6) is 0. The lowest BCUT2D eigenvalue weighted by Gasteiger charge is -1.70. The third kappa shape index (κ3) is 41.9. The number of carbonyl (C=O) groups excluding carboxylic acids is 2. The van der Waals surface area contributed by atoms with Gasteiger partial charge in [0.05, 0.1) is 0 Å². The van der Waals surface area contributed by atoms with Gasteiger partial charge in [-0.2, -0.15) is 0 Å². The second-order valence-corrected chi connectivity index (χ2v) is 1.19. The zero-order valence-corrected chi connectivity index (χ0v) is 5.46. The largest absolute Gasteiger partial charge is 0.330 e. The molecule has 0 atom stereocenters. The maximum absolute atomic E-state index is 9.06. The molecule has 0 bridgehead atoms. The van der Waals surface area contributed by atoms with E-state index in [-0.39, 0.29) is 0 Å². The molecule has 0 aliphatic heterocycles. The topological polar surface area (TPSA) is 72.2 Å². The fraction of sp³-hybridized carbons (Fsp3) is 0.600. The highest BCUT2D eigenvalue weighted by atomic mass is 16.2. The van der Waals surface area contributed by atoms with Crippen LogP contribution in [0, 0.1) is 0 Å². The van der Waals surface area contributed by atoms with Gasteiger partial charge in [-0.15, -0.1) is 0 Å². The van der Waals surface area contributed by atoms with Crippen molar-refractivity contribution in [2.75, 3.05) is 6.54 Å². The Morgan fingerprint density at radius 3 is 1.78 bits per heavy atom. The first-order valence-electron chi connectivity index (χ1n) is 2.66. The summed E-state index contributed by atoms with van der Waals surface area (Å²) in [4.78, 5) is 18.1. The molecule has 0 aliphatic carbocycles. The first-order chi connectivity index (χ1) is 4.33. The molecule has 0 aromatic rings. The van der Waals surface area contributed by atoms with Gasteiger partial charge in [0.1, 0.15) is 0 Å². The van der Waals surface area contributed by atoms with Crippen LogP contribution in [0.25, 0.3) is 0 Å². The van der Waals surface area contributed by atoms with Crippen molar-refractivity contribution in [1.29, 1.82) is 0 Å². The van der Waals surface area contributed by atoms with Gasteiger partial charge < -0.3 is 11.1 Å². The normalized spacial score (nSPS) is 6.44. The van der Waals surface area contributed by atoms with E-state index in [2.05, 4.69) is 6.92 Å². The van der Waals surface area contributed by atoms with Crippen LogP contribution in [0.4, 0.5) is 0 Å². The molecule has 3 N–H and O–H groups in total. The third-order valence-electron chi connectivity index (χ3n) is 0.425. The summed E-state index contributed by atoms with van der Waals surface area (Å²) in [6, 6.07) is 0. The van der Waals surface area contributed by atoms with Gasteiger partial charge in [-0.3, -0.25) is 9.59 Å². The maximum atomic E-state index is 9.06. The molecule has 0 unspecified atom stereocenters. The van der Waals surface area contributed by atoms with Crippen LogP contribution in [-0.4, -0.2) is 19.4 Å². The number of amides is 2. The first kappa shape index (κ1) is 11.0. The average Bonchev–Trinajstić information content (AvgIpc) is 1.91. The van der Waals surface area contributed by atoms with Crippen molar-refractivity contribution in [3.63, 3.8) is 0 Å². The quantitative estimate of drug-likeness (QED) is 0.496. The Hall–Kier alpha value is -0.900. The van der Waals surface area contributed by atoms with Gasteiger partial charge >= 0.3 is 0 Å². The van der Waals surface area contributed by atoms with Crippen molar-refractivity contribution >= 4 is 12.8 Å². The molecular weight excluding hydrogens is 120 g/mol. The minimum Gasteiger partial charge on any atom is -0.330 e. The molecule has 0 saturated heterocycles. The standard InChI is InChI=1S/C3H9N.C2H3NO2/c1-2-3-4;4-1-3-2-5/h2-4H2,1H3;1-2H,(H,3,4,5). The SMILES string of the molecule is CCCN.O=CNC=O. The van der Waals surface area contributed by atoms with Gasteiger partial charge in [0.15, 0.2) is 0 Å². The van der Waals surface area contributed by atoms with Crippen LogP contribution in [0.5, 0.6) is 0 Å². The van der Waals surface area contributed by atoms with Gasteiger partial charge in [-0.25, -0.2) is 0 Å². The van der Waals surface area contributed by atoms with E-state index < -0.39 is 0 Å². The summed E-state index contributed by atoms with van der Waals surface area (Å²) >= 11 is 0. The fourth-order valence-electron chi connectivity index (χ4n) is 0.0278. The van der Waals surface area contributed by atoms with Crippen LogP contribution in [0.1, 0.15) is 13.3 Å². The number of hydrogen-bond acceptors (Lipinski definition) is 3. The van der Waals surface area contributed by atoms with E-state index in [9.17, 15) is 0 Å². The molecule has 2 amide bonds. The highest BCUT2D eigenvalue weighted by Crippen LogP contribution is 1.57. The number of nitrogens with two attached hydrogens (primary N) is 1. The molecular formula is C5H12N2O2. The van der Waals surface area contributed by atoms with Crippen molar-refractivity contribution in [2.45, 2.75) is 13.3 Å². The van der Waals surface area contributed by atoms with E-state index in [1.165, 1.54) is 0 Å². The Balaban J connectivity index is 0. The van der Waals surface area contributed by atoms with Gasteiger partial charge in [0.25, 0.3) is 0 Å². The number of imide groups is 1. The molecule has 0 heterocycles. The summed E-state index contributed by atoms with van der Waals surface area (Å²) in [6.45, 7) is 2.88. The summed E-state index contributed by atoms with van der Waals surface area (Å²) in [6.07, 6.45) is 1.72. The second kappa shape index (κ2) is 15.7. The number of hydrogen-bond donors (Lipinski definition) is 2. The molecule has 0 fully saturated rings. The molecule has 4 nitrogen and oxygen atoms in total. The van der Waals surface area contributed by atoms with Crippen LogP contribution in [0.2, 0.25) is 0 Å². The highest BCUT2D eigenvalue weighted by molar-refractivity contribution is 5.67. The van der Waals surface area contributed by atoms with Crippen molar-refractivity contribution < 1.29 is 9.59 Å². The van der Waals surface area contributed by atoms with Crippen LogP contribution >= 0.6 is 0 Å². The smallest absolute Gasteiger partial charge is 0.213 e. The lowest BCUT2D eigenvalue weighted by Crippen LogP contribution is -2.04. The zero-order chi connectivity index (χ0) is 7.54. The van der Waals surface area contributed by atoms with Crippen LogP contribution in [-0.2, 0) is 9.59 Å². The zero-order valence-electron chi connectivity index (χ0n) is 5.46. The minimum absolute atomic E-state index is 0.312. The van der Waals surface area contributed by atoms with Crippen LogP contribution in [0.15, 0.2) is 0 Å². The monoisotopic (exact) mass is 132 g/mol. The van der Waals surface area contributed by atoms with Crippen molar-refractivity contribution in [3.8, 4) is 0 Å². The molecule has 9 heavy (non-hydrogen) atoms. The molecule has 0 saturated carbocycles. The Bertz CT molecular complexity index is 58.0. The third-order valence-corrected chi connectivity index (χ3v) is 0.425.